The zero-order valence-corrected chi connectivity index (χ0v) is 11.2. The van der Waals surface area contributed by atoms with Gasteiger partial charge < -0.3 is 10.2 Å². The Hall–Kier alpha value is -1.16. The maximum atomic E-state index is 5.48. The van der Waals surface area contributed by atoms with E-state index in [1.54, 1.807) is 0 Å². The molecule has 0 unspecified atom stereocenters. The minimum absolute atomic E-state index is 0.318. The summed E-state index contributed by atoms with van der Waals surface area (Å²) in [5, 5.41) is 7.90. The van der Waals surface area contributed by atoms with E-state index >= 15 is 0 Å². The van der Waals surface area contributed by atoms with Crippen LogP contribution in [0.15, 0.2) is 10.5 Å². The van der Waals surface area contributed by atoms with E-state index < -0.39 is 0 Å². The van der Waals surface area contributed by atoms with Crippen LogP contribution in [0.5, 0.6) is 0 Å². The molecule has 4 saturated carbocycles. The largest absolute Gasteiger partial charge is 0.420 e. The van der Waals surface area contributed by atoms with Crippen molar-refractivity contribution in [3.8, 4) is 0 Å². The van der Waals surface area contributed by atoms with Crippen LogP contribution in [-0.4, -0.2) is 10.2 Å². The Labute approximate surface area is 113 Å². The summed E-state index contributed by atoms with van der Waals surface area (Å²) in [6.45, 7) is 0.318. The molecular weight excluding hydrogens is 238 g/mol. The molecule has 0 spiro atoms. The summed E-state index contributed by atoms with van der Waals surface area (Å²) in [6, 6.07) is 0. The Morgan fingerprint density at radius 2 is 1.74 bits per heavy atom. The lowest BCUT2D eigenvalue weighted by molar-refractivity contribution is -0.0158. The first-order valence-corrected chi connectivity index (χ1v) is 7.52. The SMILES string of the molecule is NCc1nnc(/C=C/C2C3CC4CC(C3)CC2C4)o1. The van der Waals surface area contributed by atoms with Gasteiger partial charge in [-0.2, -0.15) is 0 Å². The van der Waals surface area contributed by atoms with Crippen LogP contribution in [0.3, 0.4) is 0 Å². The second-order valence-electron chi connectivity index (χ2n) is 6.61. The predicted octanol–water partition coefficient (Wildman–Crippen LogP) is 2.61. The van der Waals surface area contributed by atoms with Crippen LogP contribution in [0.4, 0.5) is 0 Å². The zero-order valence-electron chi connectivity index (χ0n) is 11.2. The summed E-state index contributed by atoms with van der Waals surface area (Å²) in [6.07, 6.45) is 11.6. The molecule has 0 aliphatic heterocycles. The van der Waals surface area contributed by atoms with Crippen molar-refractivity contribution in [1.82, 2.24) is 10.2 Å². The maximum absolute atomic E-state index is 5.48. The Balaban J connectivity index is 1.50. The molecule has 4 fully saturated rings. The highest BCUT2D eigenvalue weighted by atomic mass is 16.4. The normalized spacial score (nSPS) is 40.4. The van der Waals surface area contributed by atoms with Crippen LogP contribution in [0, 0.1) is 29.6 Å². The van der Waals surface area contributed by atoms with Gasteiger partial charge in [-0.1, -0.05) is 6.08 Å². The van der Waals surface area contributed by atoms with Crippen molar-refractivity contribution in [2.24, 2.45) is 35.3 Å². The summed E-state index contributed by atoms with van der Waals surface area (Å²) in [4.78, 5) is 0. The van der Waals surface area contributed by atoms with Gasteiger partial charge in [0, 0.05) is 0 Å². The van der Waals surface area contributed by atoms with Gasteiger partial charge in [0.15, 0.2) is 0 Å². The molecule has 19 heavy (non-hydrogen) atoms. The van der Waals surface area contributed by atoms with Crippen LogP contribution in [0.25, 0.3) is 6.08 Å². The molecule has 0 radical (unpaired) electrons. The molecule has 1 aromatic rings. The van der Waals surface area contributed by atoms with E-state index in [0.29, 0.717) is 18.3 Å². The summed E-state index contributed by atoms with van der Waals surface area (Å²) >= 11 is 0. The maximum Gasteiger partial charge on any atom is 0.240 e. The number of rotatable bonds is 3. The van der Waals surface area contributed by atoms with Crippen molar-refractivity contribution < 1.29 is 4.42 Å². The van der Waals surface area contributed by atoms with Crippen molar-refractivity contribution in [2.75, 3.05) is 0 Å². The summed E-state index contributed by atoms with van der Waals surface area (Å²) in [5.41, 5.74) is 5.48. The molecule has 1 aromatic heterocycles. The lowest BCUT2D eigenvalue weighted by Crippen LogP contribution is -2.44. The summed E-state index contributed by atoms with van der Waals surface area (Å²) in [5.74, 6) is 5.73. The topological polar surface area (TPSA) is 64.9 Å². The van der Waals surface area contributed by atoms with Gasteiger partial charge in [0.2, 0.25) is 11.8 Å². The molecular formula is C15H21N3O. The van der Waals surface area contributed by atoms with E-state index in [2.05, 4.69) is 16.3 Å². The van der Waals surface area contributed by atoms with Gasteiger partial charge in [-0.15, -0.1) is 10.2 Å². The quantitative estimate of drug-likeness (QED) is 0.906. The van der Waals surface area contributed by atoms with Crippen molar-refractivity contribution in [1.29, 1.82) is 0 Å². The fourth-order valence-corrected chi connectivity index (χ4v) is 4.89. The summed E-state index contributed by atoms with van der Waals surface area (Å²) < 4.78 is 5.44. The number of allylic oxidation sites excluding steroid dienone is 1. The van der Waals surface area contributed by atoms with Crippen molar-refractivity contribution in [2.45, 2.75) is 38.6 Å². The fourth-order valence-electron chi connectivity index (χ4n) is 4.89. The van der Waals surface area contributed by atoms with Crippen LogP contribution in [-0.2, 0) is 6.54 Å². The second kappa shape index (κ2) is 4.44. The van der Waals surface area contributed by atoms with Gasteiger partial charge >= 0.3 is 0 Å². The average Bonchev–Trinajstić information content (AvgIpc) is 2.85. The van der Waals surface area contributed by atoms with Crippen molar-refractivity contribution in [3.63, 3.8) is 0 Å². The molecule has 0 aromatic carbocycles. The van der Waals surface area contributed by atoms with Gasteiger partial charge in [-0.05, 0) is 67.8 Å². The lowest BCUT2D eigenvalue weighted by atomic mass is 9.52. The molecule has 5 rings (SSSR count). The van der Waals surface area contributed by atoms with Crippen LogP contribution in [0.2, 0.25) is 0 Å². The zero-order chi connectivity index (χ0) is 12.8. The van der Waals surface area contributed by atoms with Crippen LogP contribution < -0.4 is 5.73 Å². The van der Waals surface area contributed by atoms with Gasteiger partial charge in [-0.3, -0.25) is 0 Å². The van der Waals surface area contributed by atoms with E-state index in [1.807, 2.05) is 6.08 Å². The van der Waals surface area contributed by atoms with Crippen molar-refractivity contribution >= 4 is 6.08 Å². The smallest absolute Gasteiger partial charge is 0.240 e. The highest BCUT2D eigenvalue weighted by Gasteiger charge is 2.47. The molecule has 2 N–H and O–H groups in total. The van der Waals surface area contributed by atoms with E-state index in [4.69, 9.17) is 10.2 Å². The molecule has 0 atom stereocenters. The third-order valence-corrected chi connectivity index (χ3v) is 5.42. The second-order valence-corrected chi connectivity index (χ2v) is 6.61. The third-order valence-electron chi connectivity index (χ3n) is 5.42. The molecule has 4 heteroatoms. The lowest BCUT2D eigenvalue weighted by Gasteiger charge is -2.53. The summed E-state index contributed by atoms with van der Waals surface area (Å²) in [7, 11) is 0. The predicted molar refractivity (Wildman–Crippen MR) is 71.8 cm³/mol. The molecule has 4 bridgehead atoms. The molecule has 0 amide bonds. The van der Waals surface area contributed by atoms with E-state index in [9.17, 15) is 0 Å². The van der Waals surface area contributed by atoms with Gasteiger partial charge in [0.05, 0.1) is 6.54 Å². The molecule has 4 aliphatic rings. The van der Waals surface area contributed by atoms with Gasteiger partial charge in [0.25, 0.3) is 0 Å². The standard InChI is InChI=1S/C15H21N3O/c16-8-15-18-17-14(19-15)2-1-13-11-4-9-3-10(6-11)7-12(13)5-9/h1-2,9-13H,3-8,16H2/b2-1+. The minimum Gasteiger partial charge on any atom is -0.420 e. The Kier molecular flexibility index (Phi) is 2.72. The Morgan fingerprint density at radius 3 is 2.32 bits per heavy atom. The first-order valence-electron chi connectivity index (χ1n) is 7.52. The Bertz CT molecular complexity index is 465. The minimum atomic E-state index is 0.318. The number of nitrogens with zero attached hydrogens (tertiary/aromatic N) is 2. The van der Waals surface area contributed by atoms with Gasteiger partial charge in [0.1, 0.15) is 0 Å². The van der Waals surface area contributed by atoms with Crippen LogP contribution in [0.1, 0.15) is 43.9 Å². The molecule has 1 heterocycles. The first kappa shape index (κ1) is 11.6. The van der Waals surface area contributed by atoms with E-state index in [1.165, 1.54) is 32.1 Å². The molecule has 4 aliphatic carbocycles. The monoisotopic (exact) mass is 259 g/mol. The number of hydrogen-bond acceptors (Lipinski definition) is 4. The van der Waals surface area contributed by atoms with Gasteiger partial charge in [-0.25, -0.2) is 0 Å². The van der Waals surface area contributed by atoms with E-state index in [-0.39, 0.29) is 0 Å². The Morgan fingerprint density at radius 1 is 1.05 bits per heavy atom. The highest BCUT2D eigenvalue weighted by molar-refractivity contribution is 5.38. The number of nitrogens with two attached hydrogens (primary N) is 1. The molecule has 0 saturated heterocycles. The number of hydrogen-bond donors (Lipinski definition) is 1. The third kappa shape index (κ3) is 2.02. The average molecular weight is 259 g/mol. The van der Waals surface area contributed by atoms with Crippen molar-refractivity contribution in [3.05, 3.63) is 17.9 Å². The highest BCUT2D eigenvalue weighted by Crippen LogP contribution is 2.56. The molecule has 102 valence electrons. The molecule has 4 nitrogen and oxygen atoms in total. The van der Waals surface area contributed by atoms with E-state index in [0.717, 1.165) is 29.6 Å². The fraction of sp³-hybridized carbons (Fsp3) is 0.733. The van der Waals surface area contributed by atoms with Crippen LogP contribution >= 0.6 is 0 Å². The first-order chi connectivity index (χ1) is 9.31. The number of aromatic nitrogens is 2.